The van der Waals surface area contributed by atoms with E-state index in [9.17, 15) is 9.59 Å². The van der Waals surface area contributed by atoms with Crippen LogP contribution in [0.2, 0.25) is 0 Å². The molecule has 0 spiro atoms. The SMILES string of the molecule is COc1cccc(NC(=O)Cn2c3ccccc3c3ncn(Cc4nc(C5CC5)no4)c(=O)c32)c1. The Bertz CT molecular complexity index is 1630. The Morgan fingerprint density at radius 1 is 1.20 bits per heavy atom. The molecular weight excluding hydrogens is 448 g/mol. The number of ether oxygens (including phenoxy) is 1. The number of hydrogen-bond acceptors (Lipinski definition) is 7. The molecule has 1 amide bonds. The topological polar surface area (TPSA) is 117 Å². The van der Waals surface area contributed by atoms with Gasteiger partial charge in [-0.05, 0) is 31.0 Å². The fourth-order valence-electron chi connectivity index (χ4n) is 4.26. The number of aromatic nitrogens is 5. The van der Waals surface area contributed by atoms with Gasteiger partial charge in [-0.15, -0.1) is 0 Å². The van der Waals surface area contributed by atoms with Gasteiger partial charge in [0.1, 0.15) is 29.9 Å². The first-order valence-corrected chi connectivity index (χ1v) is 11.3. The van der Waals surface area contributed by atoms with Crippen LogP contribution in [0.1, 0.15) is 30.5 Å². The zero-order valence-electron chi connectivity index (χ0n) is 19.0. The van der Waals surface area contributed by atoms with Gasteiger partial charge in [-0.25, -0.2) is 4.98 Å². The minimum absolute atomic E-state index is 0.0610. The van der Waals surface area contributed by atoms with Gasteiger partial charge in [0.25, 0.3) is 5.56 Å². The van der Waals surface area contributed by atoms with E-state index < -0.39 is 0 Å². The largest absolute Gasteiger partial charge is 0.497 e. The minimum Gasteiger partial charge on any atom is -0.497 e. The van der Waals surface area contributed by atoms with E-state index in [1.165, 1.54) is 10.9 Å². The normalized spacial score (nSPS) is 13.4. The van der Waals surface area contributed by atoms with Crippen LogP contribution in [0.15, 0.2) is 64.2 Å². The van der Waals surface area contributed by atoms with Crippen LogP contribution in [-0.2, 0) is 17.9 Å². The Morgan fingerprint density at radius 2 is 2.06 bits per heavy atom. The highest BCUT2D eigenvalue weighted by molar-refractivity contribution is 6.06. The van der Waals surface area contributed by atoms with Crippen LogP contribution in [-0.4, -0.2) is 37.3 Å². The molecule has 10 nitrogen and oxygen atoms in total. The van der Waals surface area contributed by atoms with Gasteiger partial charge >= 0.3 is 0 Å². The molecule has 0 saturated heterocycles. The maximum Gasteiger partial charge on any atom is 0.278 e. The van der Waals surface area contributed by atoms with E-state index in [0.29, 0.717) is 40.1 Å². The quantitative estimate of drug-likeness (QED) is 0.388. The van der Waals surface area contributed by atoms with E-state index in [2.05, 4.69) is 20.4 Å². The van der Waals surface area contributed by atoms with E-state index in [1.54, 1.807) is 35.9 Å². The summed E-state index contributed by atoms with van der Waals surface area (Å²) in [4.78, 5) is 35.5. The molecule has 0 radical (unpaired) electrons. The first kappa shape index (κ1) is 21.1. The Hall–Kier alpha value is -4.47. The number of benzene rings is 2. The predicted octanol–water partition coefficient (Wildman–Crippen LogP) is 3.31. The molecule has 1 aliphatic carbocycles. The molecule has 1 N–H and O–H groups in total. The van der Waals surface area contributed by atoms with Crippen molar-refractivity contribution in [3.8, 4) is 5.75 Å². The van der Waals surface area contributed by atoms with Crippen LogP contribution >= 0.6 is 0 Å². The molecule has 1 fully saturated rings. The summed E-state index contributed by atoms with van der Waals surface area (Å²) in [5, 5.41) is 7.70. The predicted molar refractivity (Wildman–Crippen MR) is 128 cm³/mol. The van der Waals surface area contributed by atoms with Crippen LogP contribution < -0.4 is 15.6 Å². The summed E-state index contributed by atoms with van der Waals surface area (Å²) >= 11 is 0. The second kappa shape index (κ2) is 8.39. The summed E-state index contributed by atoms with van der Waals surface area (Å²) in [6.07, 6.45) is 3.60. The van der Waals surface area contributed by atoms with Crippen LogP contribution in [0, 0.1) is 0 Å². The van der Waals surface area contributed by atoms with Crippen molar-refractivity contribution in [2.45, 2.75) is 31.8 Å². The number of nitrogens with zero attached hydrogens (tertiary/aromatic N) is 5. The van der Waals surface area contributed by atoms with E-state index in [4.69, 9.17) is 9.26 Å². The number of hydrogen-bond donors (Lipinski definition) is 1. The summed E-state index contributed by atoms with van der Waals surface area (Å²) in [5.41, 5.74) is 1.95. The van der Waals surface area contributed by atoms with Crippen molar-refractivity contribution >= 4 is 33.5 Å². The van der Waals surface area contributed by atoms with Gasteiger partial charge < -0.3 is 19.1 Å². The van der Waals surface area contributed by atoms with Crippen molar-refractivity contribution in [2.75, 3.05) is 12.4 Å². The van der Waals surface area contributed by atoms with E-state index >= 15 is 0 Å². The molecule has 0 bridgehead atoms. The van der Waals surface area contributed by atoms with Crippen LogP contribution in [0.25, 0.3) is 21.9 Å². The van der Waals surface area contributed by atoms with Crippen molar-refractivity contribution in [1.29, 1.82) is 0 Å². The Kier molecular flexibility index (Phi) is 5.05. The average Bonchev–Trinajstić information content (AvgIpc) is 3.54. The average molecular weight is 470 g/mol. The van der Waals surface area contributed by atoms with Gasteiger partial charge in [0.2, 0.25) is 11.8 Å². The van der Waals surface area contributed by atoms with Crippen molar-refractivity contribution in [3.63, 3.8) is 0 Å². The molecule has 2 aromatic carbocycles. The lowest BCUT2D eigenvalue weighted by Crippen LogP contribution is -2.25. The van der Waals surface area contributed by atoms with Crippen molar-refractivity contribution in [1.82, 2.24) is 24.3 Å². The van der Waals surface area contributed by atoms with E-state index in [0.717, 1.165) is 23.7 Å². The van der Waals surface area contributed by atoms with Crippen LogP contribution in [0.5, 0.6) is 5.75 Å². The lowest BCUT2D eigenvalue weighted by Gasteiger charge is -2.10. The zero-order chi connectivity index (χ0) is 23.9. The Labute approximate surface area is 199 Å². The molecule has 1 saturated carbocycles. The maximum absolute atomic E-state index is 13.6. The number of nitrogens with one attached hydrogen (secondary N) is 1. The number of para-hydroxylation sites is 1. The standard InChI is InChI=1S/C25H22N6O4/c1-34-17-6-4-5-16(11-17)27-20(32)12-31-19-8-3-2-7-18(19)22-23(31)25(33)30(14-26-22)13-21-28-24(29-35-21)15-9-10-15/h2-8,11,14-15H,9-10,12-13H2,1H3,(H,27,32). The minimum atomic E-state index is -0.286. The first-order chi connectivity index (χ1) is 17.1. The fraction of sp³-hybridized carbons (Fsp3) is 0.240. The summed E-state index contributed by atoms with van der Waals surface area (Å²) < 4.78 is 13.7. The maximum atomic E-state index is 13.6. The number of rotatable bonds is 7. The lowest BCUT2D eigenvalue weighted by atomic mass is 10.2. The summed E-state index contributed by atoms with van der Waals surface area (Å²) in [7, 11) is 1.57. The van der Waals surface area contributed by atoms with Crippen LogP contribution in [0.4, 0.5) is 5.69 Å². The number of amides is 1. The molecule has 0 atom stereocenters. The van der Waals surface area contributed by atoms with Gasteiger partial charge in [0, 0.05) is 23.1 Å². The van der Waals surface area contributed by atoms with Crippen LogP contribution in [0.3, 0.4) is 0 Å². The van der Waals surface area contributed by atoms with Crippen molar-refractivity contribution in [3.05, 3.63) is 76.9 Å². The number of carbonyl (C=O) groups is 1. The molecule has 5 aromatic rings. The van der Waals surface area contributed by atoms with Gasteiger partial charge in [0.05, 0.1) is 19.0 Å². The molecule has 0 aliphatic heterocycles. The fourth-order valence-corrected chi connectivity index (χ4v) is 4.26. The summed E-state index contributed by atoms with van der Waals surface area (Å²) in [6, 6.07) is 14.6. The molecule has 1 aliphatic rings. The summed E-state index contributed by atoms with van der Waals surface area (Å²) in [6.45, 7) is 0.0492. The molecular formula is C25H22N6O4. The molecule has 176 valence electrons. The van der Waals surface area contributed by atoms with Gasteiger partial charge in [-0.1, -0.05) is 29.4 Å². The molecule has 35 heavy (non-hydrogen) atoms. The highest BCUT2D eigenvalue weighted by atomic mass is 16.5. The second-order valence-corrected chi connectivity index (χ2v) is 8.58. The smallest absolute Gasteiger partial charge is 0.278 e. The van der Waals surface area contributed by atoms with Gasteiger partial charge in [-0.3, -0.25) is 14.2 Å². The molecule has 6 rings (SSSR count). The lowest BCUT2D eigenvalue weighted by molar-refractivity contribution is -0.116. The highest BCUT2D eigenvalue weighted by Gasteiger charge is 2.29. The number of anilines is 1. The van der Waals surface area contributed by atoms with Crippen molar-refractivity contribution < 1.29 is 14.1 Å². The highest BCUT2D eigenvalue weighted by Crippen LogP contribution is 2.38. The zero-order valence-corrected chi connectivity index (χ0v) is 19.0. The Morgan fingerprint density at radius 3 is 2.89 bits per heavy atom. The van der Waals surface area contributed by atoms with Crippen molar-refractivity contribution in [2.24, 2.45) is 0 Å². The third-order valence-corrected chi connectivity index (χ3v) is 6.12. The first-order valence-electron chi connectivity index (χ1n) is 11.3. The molecule has 3 aromatic heterocycles. The third-order valence-electron chi connectivity index (χ3n) is 6.12. The monoisotopic (exact) mass is 470 g/mol. The molecule has 10 heteroatoms. The molecule has 0 unspecified atom stereocenters. The second-order valence-electron chi connectivity index (χ2n) is 8.58. The molecule has 3 heterocycles. The van der Waals surface area contributed by atoms with Gasteiger partial charge in [-0.2, -0.15) is 4.98 Å². The summed E-state index contributed by atoms with van der Waals surface area (Å²) in [5.74, 6) is 1.76. The Balaban J connectivity index is 1.37. The van der Waals surface area contributed by atoms with E-state index in [1.807, 2.05) is 24.3 Å². The van der Waals surface area contributed by atoms with E-state index in [-0.39, 0.29) is 24.6 Å². The third kappa shape index (κ3) is 3.92. The number of fused-ring (bicyclic) bond motifs is 3. The number of methoxy groups -OCH3 is 1. The number of carbonyl (C=O) groups excluding carboxylic acids is 1. The van der Waals surface area contributed by atoms with Gasteiger partial charge in [0.15, 0.2) is 5.82 Å².